The van der Waals surface area contributed by atoms with E-state index in [9.17, 15) is 9.59 Å². The van der Waals surface area contributed by atoms with Crippen LogP contribution < -0.4 is 14.9 Å². The summed E-state index contributed by atoms with van der Waals surface area (Å²) in [5, 5.41) is 2.78. The summed E-state index contributed by atoms with van der Waals surface area (Å²) in [7, 11) is 0. The van der Waals surface area contributed by atoms with E-state index in [4.69, 9.17) is 9.47 Å². The summed E-state index contributed by atoms with van der Waals surface area (Å²) in [5.74, 6) is 0.350. The van der Waals surface area contributed by atoms with Gasteiger partial charge in [-0.25, -0.2) is 0 Å². The first-order valence-electron chi connectivity index (χ1n) is 9.81. The molecule has 1 heterocycles. The minimum Gasteiger partial charge on any atom is -0.493 e. The maximum Gasteiger partial charge on any atom is 0.251 e. The van der Waals surface area contributed by atoms with Crippen molar-refractivity contribution in [3.05, 3.63) is 53.3 Å². The lowest BCUT2D eigenvalue weighted by molar-refractivity contribution is -0.118. The van der Waals surface area contributed by atoms with E-state index in [0.717, 1.165) is 16.0 Å². The third kappa shape index (κ3) is 6.01. The van der Waals surface area contributed by atoms with Crippen LogP contribution in [0.5, 0.6) is 5.75 Å². The van der Waals surface area contributed by atoms with Crippen LogP contribution >= 0.6 is 11.3 Å². The topological polar surface area (TPSA) is 81.9 Å². The number of carbonyl (C=O) groups is 2. The Hall–Kier alpha value is -2.97. The van der Waals surface area contributed by atoms with E-state index < -0.39 is 0 Å². The summed E-state index contributed by atoms with van der Waals surface area (Å²) in [6.45, 7) is 5.41. The number of amides is 2. The Morgan fingerprint density at radius 2 is 1.93 bits per heavy atom. The van der Waals surface area contributed by atoms with Crippen molar-refractivity contribution in [2.24, 2.45) is 4.99 Å². The molecule has 1 aromatic heterocycles. The number of hydrogen-bond acceptors (Lipinski definition) is 5. The molecule has 0 fully saturated rings. The number of nitrogens with zero attached hydrogens (tertiary/aromatic N) is 2. The molecule has 0 spiro atoms. The van der Waals surface area contributed by atoms with Crippen molar-refractivity contribution in [2.45, 2.75) is 26.8 Å². The number of thiazole rings is 1. The van der Waals surface area contributed by atoms with Gasteiger partial charge in [-0.05, 0) is 37.3 Å². The number of aromatic nitrogens is 1. The molecule has 8 heteroatoms. The van der Waals surface area contributed by atoms with Crippen LogP contribution in [-0.2, 0) is 20.9 Å². The van der Waals surface area contributed by atoms with Gasteiger partial charge in [0, 0.05) is 25.8 Å². The highest BCUT2D eigenvalue weighted by atomic mass is 32.1. The van der Waals surface area contributed by atoms with Crippen molar-refractivity contribution in [3.63, 3.8) is 0 Å². The lowest BCUT2D eigenvalue weighted by Crippen LogP contribution is -2.20. The van der Waals surface area contributed by atoms with Gasteiger partial charge in [-0.15, -0.1) is 0 Å². The largest absolute Gasteiger partial charge is 0.493 e. The van der Waals surface area contributed by atoms with Gasteiger partial charge in [0.25, 0.3) is 5.91 Å². The third-order valence-electron chi connectivity index (χ3n) is 4.21. The fraction of sp³-hybridized carbons (Fsp3) is 0.318. The van der Waals surface area contributed by atoms with Gasteiger partial charge in [0.05, 0.1) is 29.9 Å². The van der Waals surface area contributed by atoms with E-state index in [1.54, 1.807) is 0 Å². The van der Waals surface area contributed by atoms with Crippen molar-refractivity contribution < 1.29 is 19.1 Å². The van der Waals surface area contributed by atoms with Crippen LogP contribution in [0, 0.1) is 0 Å². The fourth-order valence-corrected chi connectivity index (χ4v) is 4.00. The Labute approximate surface area is 179 Å². The molecule has 2 aromatic carbocycles. The number of hydrogen-bond donors (Lipinski definition) is 1. The standard InChI is InChI=1S/C22H25N3O4S/c1-3-28-14-12-25-19-10-9-17(23-16(2)26)15-20(19)30-22(25)24-21(27)11-13-29-18-7-5-4-6-8-18/h4-10,15H,3,11-14H2,1-2H3,(H,23,26). The molecule has 3 rings (SSSR count). The van der Waals surface area contributed by atoms with Crippen LogP contribution in [0.3, 0.4) is 0 Å². The van der Waals surface area contributed by atoms with E-state index in [2.05, 4.69) is 10.3 Å². The fourth-order valence-electron chi connectivity index (χ4n) is 2.89. The summed E-state index contributed by atoms with van der Waals surface area (Å²) in [5.41, 5.74) is 1.66. The second kappa shape index (κ2) is 10.7. The predicted molar refractivity (Wildman–Crippen MR) is 118 cm³/mol. The number of carbonyl (C=O) groups excluding carboxylic acids is 2. The van der Waals surface area contributed by atoms with Gasteiger partial charge >= 0.3 is 0 Å². The van der Waals surface area contributed by atoms with Gasteiger partial charge in [0.1, 0.15) is 5.75 Å². The quantitative estimate of drug-likeness (QED) is 0.529. The van der Waals surface area contributed by atoms with Crippen LogP contribution in [0.4, 0.5) is 5.69 Å². The summed E-state index contributed by atoms with van der Waals surface area (Å²) >= 11 is 1.41. The zero-order valence-electron chi connectivity index (χ0n) is 17.1. The Bertz CT molecular complexity index is 1070. The van der Waals surface area contributed by atoms with E-state index >= 15 is 0 Å². The molecule has 0 aliphatic rings. The third-order valence-corrected chi connectivity index (χ3v) is 5.26. The molecule has 3 aromatic rings. The lowest BCUT2D eigenvalue weighted by atomic mass is 10.3. The van der Waals surface area contributed by atoms with E-state index in [1.807, 2.05) is 60.0 Å². The summed E-state index contributed by atoms with van der Waals surface area (Å²) < 4.78 is 14.0. The molecule has 30 heavy (non-hydrogen) atoms. The summed E-state index contributed by atoms with van der Waals surface area (Å²) in [4.78, 5) is 28.7. The number of fused-ring (bicyclic) bond motifs is 1. The van der Waals surface area contributed by atoms with Crippen molar-refractivity contribution in [3.8, 4) is 5.75 Å². The molecule has 158 valence electrons. The Morgan fingerprint density at radius 1 is 1.13 bits per heavy atom. The Balaban J connectivity index is 1.80. The van der Waals surface area contributed by atoms with Gasteiger partial charge in [-0.1, -0.05) is 29.5 Å². The second-order valence-electron chi connectivity index (χ2n) is 6.51. The maximum atomic E-state index is 12.4. The Morgan fingerprint density at radius 3 is 2.67 bits per heavy atom. The molecule has 0 saturated heterocycles. The first kappa shape index (κ1) is 21.7. The monoisotopic (exact) mass is 427 g/mol. The van der Waals surface area contributed by atoms with Crippen LogP contribution in [0.2, 0.25) is 0 Å². The smallest absolute Gasteiger partial charge is 0.251 e. The highest BCUT2D eigenvalue weighted by Gasteiger charge is 2.10. The first-order chi connectivity index (χ1) is 14.6. The lowest BCUT2D eigenvalue weighted by Gasteiger charge is -2.07. The number of ether oxygens (including phenoxy) is 2. The number of para-hydroxylation sites is 1. The number of nitrogens with one attached hydrogen (secondary N) is 1. The highest BCUT2D eigenvalue weighted by molar-refractivity contribution is 7.16. The van der Waals surface area contributed by atoms with E-state index in [1.165, 1.54) is 18.3 Å². The molecule has 0 aliphatic heterocycles. The molecule has 7 nitrogen and oxygen atoms in total. The van der Waals surface area contributed by atoms with Crippen molar-refractivity contribution >= 4 is 39.1 Å². The number of anilines is 1. The summed E-state index contributed by atoms with van der Waals surface area (Å²) in [6.07, 6.45) is 0.186. The Kier molecular flexibility index (Phi) is 7.75. The number of rotatable bonds is 9. The van der Waals surface area contributed by atoms with E-state index in [-0.39, 0.29) is 24.8 Å². The van der Waals surface area contributed by atoms with Crippen LogP contribution in [0.1, 0.15) is 20.3 Å². The predicted octanol–water partition coefficient (Wildman–Crippen LogP) is 3.59. The average molecular weight is 428 g/mol. The second-order valence-corrected chi connectivity index (χ2v) is 7.52. The zero-order valence-corrected chi connectivity index (χ0v) is 17.9. The summed E-state index contributed by atoms with van der Waals surface area (Å²) in [6, 6.07) is 15.0. The molecule has 2 amide bonds. The molecule has 0 radical (unpaired) electrons. The highest BCUT2D eigenvalue weighted by Crippen LogP contribution is 2.22. The molecule has 0 unspecified atom stereocenters. The zero-order chi connectivity index (χ0) is 21.3. The van der Waals surface area contributed by atoms with Gasteiger partial charge in [0.15, 0.2) is 4.80 Å². The van der Waals surface area contributed by atoms with Crippen LogP contribution in [0.25, 0.3) is 10.2 Å². The molecule has 0 atom stereocenters. The SMILES string of the molecule is CCOCCn1c(=NC(=O)CCOc2ccccc2)sc2cc(NC(C)=O)ccc21. The van der Waals surface area contributed by atoms with Crippen molar-refractivity contribution in [2.75, 3.05) is 25.1 Å². The van der Waals surface area contributed by atoms with Gasteiger partial charge in [-0.3, -0.25) is 9.59 Å². The maximum absolute atomic E-state index is 12.4. The molecule has 0 aliphatic carbocycles. The van der Waals surface area contributed by atoms with E-state index in [0.29, 0.717) is 30.2 Å². The molecule has 1 N–H and O–H groups in total. The van der Waals surface area contributed by atoms with Gasteiger partial charge in [-0.2, -0.15) is 4.99 Å². The normalized spacial score (nSPS) is 11.6. The molecule has 0 saturated carbocycles. The molecular formula is C22H25N3O4S. The van der Waals surface area contributed by atoms with Crippen molar-refractivity contribution in [1.82, 2.24) is 4.57 Å². The first-order valence-corrected chi connectivity index (χ1v) is 10.6. The van der Waals surface area contributed by atoms with Crippen LogP contribution in [-0.4, -0.2) is 36.2 Å². The van der Waals surface area contributed by atoms with Gasteiger partial charge < -0.3 is 19.4 Å². The number of benzene rings is 2. The molecule has 0 bridgehead atoms. The average Bonchev–Trinajstić information content (AvgIpc) is 3.05. The van der Waals surface area contributed by atoms with Gasteiger partial charge in [0.2, 0.25) is 5.91 Å². The minimum absolute atomic E-state index is 0.131. The van der Waals surface area contributed by atoms with Crippen LogP contribution in [0.15, 0.2) is 53.5 Å². The van der Waals surface area contributed by atoms with Crippen molar-refractivity contribution in [1.29, 1.82) is 0 Å². The minimum atomic E-state index is -0.246. The molecular weight excluding hydrogens is 402 g/mol.